The van der Waals surface area contributed by atoms with Crippen LogP contribution in [0.2, 0.25) is 0 Å². The van der Waals surface area contributed by atoms with Crippen LogP contribution in [-0.4, -0.2) is 68.9 Å². The number of carbonyl (C=O) groups excluding carboxylic acids is 1. The van der Waals surface area contributed by atoms with Gasteiger partial charge in [-0.2, -0.15) is 0 Å². The molecular weight excluding hydrogens is 432 g/mol. The third-order valence-electron chi connectivity index (χ3n) is 5.26. The molecule has 0 radical (unpaired) electrons. The smallest absolute Gasteiger partial charge is 0.335 e. The molecule has 1 aromatic carbocycles. The van der Waals surface area contributed by atoms with E-state index in [1.165, 1.54) is 12.1 Å². The molecule has 1 heterocycles. The van der Waals surface area contributed by atoms with Gasteiger partial charge in [-0.05, 0) is 18.1 Å². The highest BCUT2D eigenvalue weighted by Gasteiger charge is 2.51. The Morgan fingerprint density at radius 1 is 0.938 bits per heavy atom. The normalized spacial score (nSPS) is 25.0. The molecular formula is C20H24O12. The fraction of sp³-hybridized carbons (Fsp3) is 0.500. The number of methoxy groups -OCH3 is 1. The van der Waals surface area contributed by atoms with E-state index in [1.807, 2.05) is 0 Å². The Balaban J connectivity index is 2.50. The summed E-state index contributed by atoms with van der Waals surface area (Å²) in [6.45, 7) is -0.449. The lowest BCUT2D eigenvalue weighted by molar-refractivity contribution is -0.233. The molecule has 1 aromatic rings. The number of ether oxygens (including phenoxy) is 3. The number of hydrogen-bond donors (Lipinski definition) is 5. The average molecular weight is 456 g/mol. The molecule has 2 rings (SSSR count). The summed E-state index contributed by atoms with van der Waals surface area (Å²) in [5.41, 5.74) is 0.196. The van der Waals surface area contributed by atoms with E-state index in [-0.39, 0.29) is 17.1 Å². The molecule has 0 bridgehead atoms. The van der Waals surface area contributed by atoms with E-state index in [0.717, 1.165) is 13.2 Å². The maximum absolute atomic E-state index is 12.3. The zero-order valence-corrected chi connectivity index (χ0v) is 17.0. The van der Waals surface area contributed by atoms with Crippen molar-refractivity contribution in [3.05, 3.63) is 23.8 Å². The first kappa shape index (κ1) is 24.9. The minimum absolute atomic E-state index is 0.00513. The Labute approximate surface area is 181 Å². The van der Waals surface area contributed by atoms with Gasteiger partial charge in [0.2, 0.25) is 6.29 Å². The van der Waals surface area contributed by atoms with Crippen LogP contribution in [0.15, 0.2) is 18.2 Å². The molecule has 1 aliphatic heterocycles. The second kappa shape index (κ2) is 10.8. The van der Waals surface area contributed by atoms with Crippen molar-refractivity contribution in [2.24, 2.45) is 17.8 Å². The van der Waals surface area contributed by atoms with Crippen molar-refractivity contribution < 1.29 is 58.9 Å². The second-order valence-corrected chi connectivity index (χ2v) is 7.30. The van der Waals surface area contributed by atoms with Crippen LogP contribution in [-0.2, 0) is 35.3 Å². The maximum atomic E-state index is 12.3. The maximum Gasteiger partial charge on any atom is 0.335 e. The number of aliphatic carboxylic acids is 3. The van der Waals surface area contributed by atoms with Gasteiger partial charge in [0.05, 0.1) is 26.6 Å². The molecule has 1 saturated heterocycles. The molecule has 12 heteroatoms. The molecule has 5 atom stereocenters. The molecule has 0 amide bonds. The van der Waals surface area contributed by atoms with Crippen LogP contribution in [0, 0.1) is 17.8 Å². The molecule has 5 N–H and O–H groups in total. The van der Waals surface area contributed by atoms with E-state index in [0.29, 0.717) is 0 Å². The fourth-order valence-electron chi connectivity index (χ4n) is 3.85. The highest BCUT2D eigenvalue weighted by molar-refractivity contribution is 5.77. The number of benzene rings is 1. The summed E-state index contributed by atoms with van der Waals surface area (Å²) in [4.78, 5) is 46.7. The van der Waals surface area contributed by atoms with Crippen LogP contribution < -0.4 is 4.74 Å². The van der Waals surface area contributed by atoms with Crippen molar-refractivity contribution in [1.82, 2.24) is 0 Å². The number of carboxylic acid groups (broad SMARTS) is 3. The molecule has 176 valence electrons. The van der Waals surface area contributed by atoms with Crippen LogP contribution in [0.3, 0.4) is 0 Å². The number of esters is 1. The van der Waals surface area contributed by atoms with Crippen LogP contribution in [0.4, 0.5) is 0 Å². The number of aromatic hydroxyl groups is 1. The van der Waals surface area contributed by atoms with Crippen molar-refractivity contribution in [1.29, 1.82) is 0 Å². The quantitative estimate of drug-likeness (QED) is 0.305. The van der Waals surface area contributed by atoms with Crippen LogP contribution in [0.5, 0.6) is 11.5 Å². The zero-order chi connectivity index (χ0) is 24.0. The van der Waals surface area contributed by atoms with Crippen molar-refractivity contribution in [2.45, 2.75) is 38.3 Å². The van der Waals surface area contributed by atoms with Crippen LogP contribution in [0.1, 0.15) is 24.8 Å². The summed E-state index contributed by atoms with van der Waals surface area (Å²) in [6.07, 6.45) is -4.92. The molecule has 0 saturated carbocycles. The lowest BCUT2D eigenvalue weighted by Gasteiger charge is -2.44. The van der Waals surface area contributed by atoms with Gasteiger partial charge in [-0.1, -0.05) is 0 Å². The van der Waals surface area contributed by atoms with E-state index in [1.54, 1.807) is 0 Å². The highest BCUT2D eigenvalue weighted by Crippen LogP contribution is 2.42. The van der Waals surface area contributed by atoms with Gasteiger partial charge in [0.1, 0.15) is 11.5 Å². The van der Waals surface area contributed by atoms with Crippen molar-refractivity contribution in [2.75, 3.05) is 7.11 Å². The van der Waals surface area contributed by atoms with Crippen LogP contribution >= 0.6 is 0 Å². The number of aliphatic hydroxyl groups excluding tert-OH is 1. The predicted molar refractivity (Wildman–Crippen MR) is 103 cm³/mol. The first-order valence-electron chi connectivity index (χ1n) is 9.55. The van der Waals surface area contributed by atoms with Crippen molar-refractivity contribution in [3.8, 4) is 11.5 Å². The van der Waals surface area contributed by atoms with E-state index in [4.69, 9.17) is 14.6 Å². The van der Waals surface area contributed by atoms with E-state index >= 15 is 0 Å². The summed E-state index contributed by atoms with van der Waals surface area (Å²) in [5, 5.41) is 47.1. The number of phenols is 1. The molecule has 0 aromatic heterocycles. The SMILES string of the molecule is COC(=O)[C@H]1O[C@@H](Oc2ccc(CO)c(O)c2)[C@H](CC(=O)O)[C@@H](CC(=O)O)[C@@H]1CC(=O)O. The van der Waals surface area contributed by atoms with Gasteiger partial charge in [-0.25, -0.2) is 4.79 Å². The molecule has 1 fully saturated rings. The van der Waals surface area contributed by atoms with Crippen molar-refractivity contribution in [3.63, 3.8) is 0 Å². The summed E-state index contributed by atoms with van der Waals surface area (Å²) in [6, 6.07) is 3.84. The largest absolute Gasteiger partial charge is 0.507 e. The zero-order valence-electron chi connectivity index (χ0n) is 17.0. The number of aliphatic hydroxyl groups is 1. The van der Waals surface area contributed by atoms with E-state index < -0.39 is 79.9 Å². The van der Waals surface area contributed by atoms with Crippen molar-refractivity contribution >= 4 is 23.9 Å². The monoisotopic (exact) mass is 456 g/mol. The highest BCUT2D eigenvalue weighted by atomic mass is 16.7. The molecule has 32 heavy (non-hydrogen) atoms. The molecule has 0 spiro atoms. The average Bonchev–Trinajstić information content (AvgIpc) is 2.70. The third kappa shape index (κ3) is 6.08. The summed E-state index contributed by atoms with van der Waals surface area (Å²) in [7, 11) is 1.04. The van der Waals surface area contributed by atoms with E-state index in [2.05, 4.69) is 4.74 Å². The van der Waals surface area contributed by atoms with Gasteiger partial charge in [-0.3, -0.25) is 14.4 Å². The standard InChI is InChI=1S/C20H24O12/c1-30-19(29)18-12(6-16(25)26)11(5-15(23)24)13(7-17(27)28)20(32-18)31-10-3-2-9(8-21)14(22)4-10/h2-4,11-13,18,20-22H,5-8H2,1H3,(H,23,24)(H,25,26)(H,27,28)/t11-,12-,13+,18-,20+/m0/s1. The third-order valence-corrected chi connectivity index (χ3v) is 5.26. The minimum atomic E-state index is -1.53. The topological polar surface area (TPSA) is 197 Å². The van der Waals surface area contributed by atoms with Crippen LogP contribution in [0.25, 0.3) is 0 Å². The predicted octanol–water partition coefficient (Wildman–Crippen LogP) is 0.434. The molecule has 12 nitrogen and oxygen atoms in total. The number of rotatable bonds is 10. The Kier molecular flexibility index (Phi) is 8.38. The minimum Gasteiger partial charge on any atom is -0.507 e. The lowest BCUT2D eigenvalue weighted by Crippen LogP contribution is -2.54. The molecule has 0 aliphatic carbocycles. The number of carbonyl (C=O) groups is 4. The first-order valence-corrected chi connectivity index (χ1v) is 9.55. The van der Waals surface area contributed by atoms with Gasteiger partial charge in [-0.15, -0.1) is 0 Å². The second-order valence-electron chi connectivity index (χ2n) is 7.30. The number of carboxylic acids is 3. The van der Waals surface area contributed by atoms with Gasteiger partial charge < -0.3 is 39.7 Å². The van der Waals surface area contributed by atoms with Gasteiger partial charge in [0.15, 0.2) is 6.10 Å². The Bertz CT molecular complexity index is 866. The van der Waals surface area contributed by atoms with E-state index in [9.17, 15) is 39.6 Å². The Morgan fingerprint density at radius 2 is 1.50 bits per heavy atom. The lowest BCUT2D eigenvalue weighted by atomic mass is 9.71. The Morgan fingerprint density at radius 3 is 2.00 bits per heavy atom. The fourth-order valence-corrected chi connectivity index (χ4v) is 3.85. The Hall–Kier alpha value is -3.38. The molecule has 0 unspecified atom stereocenters. The van der Waals surface area contributed by atoms with Gasteiger partial charge in [0.25, 0.3) is 0 Å². The summed E-state index contributed by atoms with van der Waals surface area (Å²) in [5.74, 6) is -8.71. The molecule has 1 aliphatic rings. The first-order chi connectivity index (χ1) is 15.1. The van der Waals surface area contributed by atoms with Gasteiger partial charge in [0, 0.05) is 29.9 Å². The summed E-state index contributed by atoms with van der Waals surface area (Å²) >= 11 is 0. The summed E-state index contributed by atoms with van der Waals surface area (Å²) < 4.78 is 16.0. The van der Waals surface area contributed by atoms with Gasteiger partial charge >= 0.3 is 23.9 Å². The number of hydrogen-bond acceptors (Lipinski definition) is 9.